The van der Waals surface area contributed by atoms with Gasteiger partial charge in [0.1, 0.15) is 17.3 Å². The van der Waals surface area contributed by atoms with Crippen LogP contribution in [-0.4, -0.2) is 16.2 Å². The minimum atomic E-state index is -0.449. The number of amidine groups is 1. The fourth-order valence-corrected chi connectivity index (χ4v) is 3.13. The van der Waals surface area contributed by atoms with Crippen molar-refractivity contribution in [3.05, 3.63) is 63.2 Å². The number of para-hydroxylation sites is 1. The van der Waals surface area contributed by atoms with E-state index in [1.165, 1.54) is 18.2 Å². The lowest BCUT2D eigenvalue weighted by atomic mass is 10.2. The molecule has 0 bridgehead atoms. The monoisotopic (exact) mass is 392 g/mol. The highest BCUT2D eigenvalue weighted by molar-refractivity contribution is 9.10. The van der Waals surface area contributed by atoms with Crippen LogP contribution >= 0.6 is 27.7 Å². The van der Waals surface area contributed by atoms with E-state index in [1.807, 2.05) is 0 Å². The molecule has 4 nitrogen and oxygen atoms in total. The summed E-state index contributed by atoms with van der Waals surface area (Å²) in [7, 11) is 0. The van der Waals surface area contributed by atoms with Gasteiger partial charge in [-0.15, -0.1) is 0 Å². The standard InChI is InChI=1S/C16H10BrFN2O2S/c17-10-7-9(5-6-13(10)21)8-14-15(22)20-16(23-14)19-12-4-2-1-3-11(12)18/h1-8,21H,(H,19,20,22)/b14-8-. The van der Waals surface area contributed by atoms with Crippen LogP contribution in [0, 0.1) is 5.82 Å². The van der Waals surface area contributed by atoms with Crippen LogP contribution in [0.15, 0.2) is 56.8 Å². The molecule has 0 atom stereocenters. The normalized spacial score (nSPS) is 17.7. The van der Waals surface area contributed by atoms with E-state index in [4.69, 9.17) is 0 Å². The van der Waals surface area contributed by atoms with Crippen molar-refractivity contribution in [1.29, 1.82) is 0 Å². The third kappa shape index (κ3) is 3.62. The molecule has 0 radical (unpaired) electrons. The van der Waals surface area contributed by atoms with Crippen LogP contribution in [0.4, 0.5) is 10.1 Å². The molecule has 2 N–H and O–H groups in total. The highest BCUT2D eigenvalue weighted by Gasteiger charge is 2.24. The minimum Gasteiger partial charge on any atom is -0.507 e. The lowest BCUT2D eigenvalue weighted by Gasteiger charge is -1.99. The van der Waals surface area contributed by atoms with Gasteiger partial charge in [-0.05, 0) is 63.6 Å². The van der Waals surface area contributed by atoms with Gasteiger partial charge in [0.15, 0.2) is 5.17 Å². The maximum atomic E-state index is 13.6. The summed E-state index contributed by atoms with van der Waals surface area (Å²) in [4.78, 5) is 16.5. The Hall–Kier alpha value is -2.12. The second kappa shape index (κ2) is 6.55. The summed E-state index contributed by atoms with van der Waals surface area (Å²) in [6.45, 7) is 0. The Kier molecular flexibility index (Phi) is 4.49. The van der Waals surface area contributed by atoms with Gasteiger partial charge in [-0.1, -0.05) is 18.2 Å². The molecule has 1 amide bonds. The highest BCUT2D eigenvalue weighted by Crippen LogP contribution is 2.30. The molecule has 2 aromatic rings. The Balaban J connectivity index is 1.86. The molecule has 0 aromatic heterocycles. The molecule has 0 spiro atoms. The summed E-state index contributed by atoms with van der Waals surface area (Å²) < 4.78 is 14.1. The summed E-state index contributed by atoms with van der Waals surface area (Å²) in [6, 6.07) is 11.0. The van der Waals surface area contributed by atoms with Crippen molar-refractivity contribution in [2.45, 2.75) is 0 Å². The van der Waals surface area contributed by atoms with Gasteiger partial charge in [-0.25, -0.2) is 9.38 Å². The van der Waals surface area contributed by atoms with Gasteiger partial charge in [-0.3, -0.25) is 4.79 Å². The van der Waals surface area contributed by atoms with Gasteiger partial charge in [0.05, 0.1) is 9.38 Å². The fraction of sp³-hybridized carbons (Fsp3) is 0. The lowest BCUT2D eigenvalue weighted by Crippen LogP contribution is -2.19. The summed E-state index contributed by atoms with van der Waals surface area (Å²) >= 11 is 4.36. The van der Waals surface area contributed by atoms with Crippen LogP contribution in [-0.2, 0) is 4.79 Å². The number of hydrogen-bond acceptors (Lipinski definition) is 4. The van der Waals surface area contributed by atoms with Gasteiger partial charge < -0.3 is 10.4 Å². The van der Waals surface area contributed by atoms with E-state index in [-0.39, 0.29) is 17.3 Å². The number of thioether (sulfide) groups is 1. The molecule has 1 heterocycles. The first-order valence-corrected chi connectivity index (χ1v) is 8.16. The smallest absolute Gasteiger partial charge is 0.264 e. The largest absolute Gasteiger partial charge is 0.507 e. The van der Waals surface area contributed by atoms with E-state index in [0.29, 0.717) is 14.5 Å². The van der Waals surface area contributed by atoms with Crippen LogP contribution in [0.2, 0.25) is 0 Å². The lowest BCUT2D eigenvalue weighted by molar-refractivity contribution is -0.115. The van der Waals surface area contributed by atoms with Crippen molar-refractivity contribution >= 4 is 50.5 Å². The van der Waals surface area contributed by atoms with Gasteiger partial charge in [0.2, 0.25) is 0 Å². The number of nitrogens with zero attached hydrogens (tertiary/aromatic N) is 1. The summed E-state index contributed by atoms with van der Waals surface area (Å²) in [5.41, 5.74) is 0.920. The average molecular weight is 393 g/mol. The molecule has 3 rings (SSSR count). The average Bonchev–Trinajstić information content (AvgIpc) is 2.85. The fourth-order valence-electron chi connectivity index (χ4n) is 1.90. The number of aliphatic imine (C=N–C) groups is 1. The molecule has 116 valence electrons. The van der Waals surface area contributed by atoms with E-state index in [2.05, 4.69) is 26.2 Å². The maximum Gasteiger partial charge on any atom is 0.264 e. The number of phenols is 1. The number of halogens is 2. The van der Waals surface area contributed by atoms with E-state index in [0.717, 1.165) is 17.3 Å². The molecule has 1 fully saturated rings. The molecular weight excluding hydrogens is 383 g/mol. The molecular formula is C16H10BrFN2O2S. The van der Waals surface area contributed by atoms with E-state index in [1.54, 1.807) is 30.3 Å². The first-order chi connectivity index (χ1) is 11.0. The molecule has 2 aromatic carbocycles. The minimum absolute atomic E-state index is 0.123. The number of phenolic OH excluding ortho intramolecular Hbond substituents is 1. The SMILES string of the molecule is O=C1NC(=Nc2ccccc2F)S/C1=C\c1ccc(O)c(Br)c1. The zero-order chi connectivity index (χ0) is 16.4. The van der Waals surface area contributed by atoms with Crippen molar-refractivity contribution in [3.8, 4) is 5.75 Å². The van der Waals surface area contributed by atoms with E-state index in [9.17, 15) is 14.3 Å². The highest BCUT2D eigenvalue weighted by atomic mass is 79.9. The van der Waals surface area contributed by atoms with Crippen LogP contribution in [0.1, 0.15) is 5.56 Å². The molecule has 1 aliphatic heterocycles. The predicted molar refractivity (Wildman–Crippen MR) is 93.0 cm³/mol. The number of hydrogen-bond donors (Lipinski definition) is 2. The van der Waals surface area contributed by atoms with Crippen molar-refractivity contribution in [2.24, 2.45) is 4.99 Å². The van der Waals surface area contributed by atoms with Crippen molar-refractivity contribution in [3.63, 3.8) is 0 Å². The molecule has 7 heteroatoms. The van der Waals surface area contributed by atoms with Crippen LogP contribution in [0.3, 0.4) is 0 Å². The van der Waals surface area contributed by atoms with Gasteiger partial charge >= 0.3 is 0 Å². The van der Waals surface area contributed by atoms with Crippen LogP contribution in [0.25, 0.3) is 6.08 Å². The summed E-state index contributed by atoms with van der Waals surface area (Å²) in [5, 5.41) is 12.4. The van der Waals surface area contributed by atoms with Gasteiger partial charge in [-0.2, -0.15) is 0 Å². The predicted octanol–water partition coefficient (Wildman–Crippen LogP) is 4.19. The topological polar surface area (TPSA) is 61.7 Å². The number of rotatable bonds is 2. The number of amides is 1. The first kappa shape index (κ1) is 15.8. The Morgan fingerprint density at radius 2 is 2.04 bits per heavy atom. The molecule has 0 unspecified atom stereocenters. The Morgan fingerprint density at radius 1 is 1.26 bits per heavy atom. The second-order valence-corrected chi connectivity index (χ2v) is 6.53. The number of carbonyl (C=O) groups excluding carboxylic acids is 1. The Labute approximate surface area is 144 Å². The number of aromatic hydroxyl groups is 1. The Morgan fingerprint density at radius 3 is 2.78 bits per heavy atom. The first-order valence-electron chi connectivity index (χ1n) is 6.55. The quantitative estimate of drug-likeness (QED) is 0.753. The molecule has 1 saturated heterocycles. The van der Waals surface area contributed by atoms with Crippen molar-refractivity contribution < 1.29 is 14.3 Å². The van der Waals surface area contributed by atoms with E-state index >= 15 is 0 Å². The zero-order valence-corrected chi connectivity index (χ0v) is 14.0. The Bertz CT molecular complexity index is 852. The summed E-state index contributed by atoms with van der Waals surface area (Å²) in [5.74, 6) is -0.624. The number of nitrogens with one attached hydrogen (secondary N) is 1. The molecule has 1 aliphatic rings. The molecule has 0 saturated carbocycles. The second-order valence-electron chi connectivity index (χ2n) is 4.64. The summed E-state index contributed by atoms with van der Waals surface area (Å²) in [6.07, 6.45) is 1.67. The van der Waals surface area contributed by atoms with Crippen LogP contribution in [0.5, 0.6) is 5.75 Å². The van der Waals surface area contributed by atoms with E-state index < -0.39 is 5.82 Å². The van der Waals surface area contributed by atoms with Crippen molar-refractivity contribution in [1.82, 2.24) is 5.32 Å². The number of carbonyl (C=O) groups is 1. The molecule has 23 heavy (non-hydrogen) atoms. The van der Waals surface area contributed by atoms with Crippen LogP contribution < -0.4 is 5.32 Å². The number of benzene rings is 2. The van der Waals surface area contributed by atoms with Gasteiger partial charge in [0, 0.05) is 0 Å². The third-order valence-corrected chi connectivity index (χ3v) is 4.54. The molecule has 0 aliphatic carbocycles. The van der Waals surface area contributed by atoms with Crippen molar-refractivity contribution in [2.75, 3.05) is 0 Å². The van der Waals surface area contributed by atoms with Gasteiger partial charge in [0.25, 0.3) is 5.91 Å². The zero-order valence-electron chi connectivity index (χ0n) is 11.6. The third-order valence-electron chi connectivity index (χ3n) is 2.99. The maximum absolute atomic E-state index is 13.6.